The van der Waals surface area contributed by atoms with Gasteiger partial charge in [-0.15, -0.1) is 11.6 Å². The van der Waals surface area contributed by atoms with Crippen LogP contribution in [0.15, 0.2) is 18.2 Å². The van der Waals surface area contributed by atoms with E-state index in [-0.39, 0.29) is 5.38 Å². The van der Waals surface area contributed by atoms with Crippen LogP contribution in [0.4, 0.5) is 0 Å². The van der Waals surface area contributed by atoms with Crippen LogP contribution in [-0.2, 0) is 6.42 Å². The average Bonchev–Trinajstić information content (AvgIpc) is 2.49. The predicted octanol–water partition coefficient (Wildman–Crippen LogP) is 5.72. The van der Waals surface area contributed by atoms with Crippen molar-refractivity contribution in [3.8, 4) is 0 Å². The molecule has 0 amide bonds. The van der Waals surface area contributed by atoms with E-state index in [0.717, 1.165) is 28.5 Å². The fourth-order valence-electron chi connectivity index (χ4n) is 2.56. The number of hydrogen-bond donors (Lipinski definition) is 0. The second-order valence-corrected chi connectivity index (χ2v) is 6.19. The molecule has 0 aliphatic heterocycles. The van der Waals surface area contributed by atoms with E-state index < -0.39 is 0 Å². The maximum atomic E-state index is 6.46. The van der Waals surface area contributed by atoms with E-state index in [9.17, 15) is 0 Å². The molecule has 2 rings (SSSR count). The normalized spacial score (nSPS) is 25.6. The Balaban J connectivity index is 2.13. The lowest BCUT2D eigenvalue weighted by molar-refractivity contribution is 0.465. The first-order valence-electron chi connectivity index (χ1n) is 6.25. The molecule has 0 heterocycles. The first-order chi connectivity index (χ1) is 8.18. The van der Waals surface area contributed by atoms with Gasteiger partial charge in [0.15, 0.2) is 0 Å². The number of rotatable bonds is 2. The van der Waals surface area contributed by atoms with Crippen molar-refractivity contribution in [3.05, 3.63) is 33.8 Å². The summed E-state index contributed by atoms with van der Waals surface area (Å²) in [4.78, 5) is 0. The van der Waals surface area contributed by atoms with Crippen molar-refractivity contribution in [3.63, 3.8) is 0 Å². The molecule has 1 aromatic carbocycles. The van der Waals surface area contributed by atoms with E-state index in [0.29, 0.717) is 5.92 Å². The van der Waals surface area contributed by atoms with Crippen molar-refractivity contribution in [2.24, 2.45) is 5.92 Å². The van der Waals surface area contributed by atoms with Gasteiger partial charge in [0.05, 0.1) is 0 Å². The maximum absolute atomic E-state index is 6.46. The van der Waals surface area contributed by atoms with Gasteiger partial charge in [-0.2, -0.15) is 0 Å². The summed E-state index contributed by atoms with van der Waals surface area (Å²) in [6.45, 7) is 0. The highest BCUT2D eigenvalue weighted by Crippen LogP contribution is 2.34. The summed E-state index contributed by atoms with van der Waals surface area (Å²) < 4.78 is 0. The lowest BCUT2D eigenvalue weighted by Crippen LogP contribution is -2.16. The molecule has 0 nitrogen and oxygen atoms in total. The summed E-state index contributed by atoms with van der Waals surface area (Å²) in [6, 6.07) is 5.70. The van der Waals surface area contributed by atoms with Gasteiger partial charge < -0.3 is 0 Å². The molecule has 0 radical (unpaired) electrons. The molecule has 94 valence electrons. The van der Waals surface area contributed by atoms with Gasteiger partial charge in [-0.1, -0.05) is 48.5 Å². The molecule has 0 N–H and O–H groups in total. The van der Waals surface area contributed by atoms with E-state index in [1.165, 1.54) is 25.7 Å². The van der Waals surface area contributed by atoms with Gasteiger partial charge in [-0.3, -0.25) is 0 Å². The molecule has 0 bridgehead atoms. The fourth-order valence-corrected chi connectivity index (χ4v) is 3.48. The van der Waals surface area contributed by atoms with Gasteiger partial charge >= 0.3 is 0 Å². The Bertz CT molecular complexity index is 355. The predicted molar refractivity (Wildman–Crippen MR) is 76.4 cm³/mol. The standard InChI is InChI=1S/C14H17Cl3/c15-12-6-3-1-2-5-10(12)9-11-13(16)7-4-8-14(11)17/h4,7-8,10,12H,1-3,5-6,9H2. The molecule has 2 unspecified atom stereocenters. The quantitative estimate of drug-likeness (QED) is 0.482. The third-order valence-electron chi connectivity index (χ3n) is 3.59. The van der Waals surface area contributed by atoms with Crippen LogP contribution in [0.5, 0.6) is 0 Å². The Hall–Kier alpha value is 0.0900. The van der Waals surface area contributed by atoms with Crippen LogP contribution in [0.3, 0.4) is 0 Å². The van der Waals surface area contributed by atoms with Gasteiger partial charge in [-0.25, -0.2) is 0 Å². The van der Waals surface area contributed by atoms with Crippen LogP contribution < -0.4 is 0 Å². The SMILES string of the molecule is Clc1cccc(Cl)c1CC1CCCCCC1Cl. The second-order valence-electron chi connectivity index (χ2n) is 4.82. The molecular formula is C14H17Cl3. The first-order valence-corrected chi connectivity index (χ1v) is 7.44. The monoisotopic (exact) mass is 290 g/mol. The van der Waals surface area contributed by atoms with Gasteiger partial charge in [0.25, 0.3) is 0 Å². The molecule has 1 aliphatic carbocycles. The van der Waals surface area contributed by atoms with E-state index in [1.54, 1.807) is 0 Å². The van der Waals surface area contributed by atoms with Gasteiger partial charge in [-0.05, 0) is 42.9 Å². The molecule has 1 aliphatic rings. The van der Waals surface area contributed by atoms with Gasteiger partial charge in [0.2, 0.25) is 0 Å². The van der Waals surface area contributed by atoms with Crippen LogP contribution in [0.2, 0.25) is 10.0 Å². The molecule has 3 heteroatoms. The molecule has 17 heavy (non-hydrogen) atoms. The number of alkyl halides is 1. The zero-order valence-corrected chi connectivity index (χ0v) is 12.0. The summed E-state index contributed by atoms with van der Waals surface area (Å²) in [5, 5.41) is 1.81. The van der Waals surface area contributed by atoms with Gasteiger partial charge in [0, 0.05) is 15.4 Å². The minimum atomic E-state index is 0.268. The van der Waals surface area contributed by atoms with Gasteiger partial charge in [0.1, 0.15) is 0 Å². The van der Waals surface area contributed by atoms with E-state index in [4.69, 9.17) is 34.8 Å². The highest BCUT2D eigenvalue weighted by molar-refractivity contribution is 6.36. The van der Waals surface area contributed by atoms with Crippen LogP contribution in [0.1, 0.15) is 37.7 Å². The van der Waals surface area contributed by atoms with Crippen LogP contribution in [0.25, 0.3) is 0 Å². The zero-order valence-electron chi connectivity index (χ0n) is 9.76. The highest BCUT2D eigenvalue weighted by atomic mass is 35.5. The zero-order chi connectivity index (χ0) is 12.3. The fraction of sp³-hybridized carbons (Fsp3) is 0.571. The minimum Gasteiger partial charge on any atom is -0.123 e. The third-order valence-corrected chi connectivity index (χ3v) is 4.88. The second kappa shape index (κ2) is 6.31. The van der Waals surface area contributed by atoms with Crippen molar-refractivity contribution < 1.29 is 0 Å². The molecule has 1 aromatic rings. The summed E-state index contributed by atoms with van der Waals surface area (Å²) in [6.07, 6.45) is 7.05. The number of halogens is 3. The number of benzene rings is 1. The Morgan fingerprint density at radius 3 is 2.35 bits per heavy atom. The van der Waals surface area contributed by atoms with E-state index >= 15 is 0 Å². The molecule has 0 saturated heterocycles. The smallest absolute Gasteiger partial charge is 0.0452 e. The molecule has 0 aromatic heterocycles. The average molecular weight is 292 g/mol. The summed E-state index contributed by atoms with van der Waals surface area (Å²) >= 11 is 18.9. The van der Waals surface area contributed by atoms with Crippen LogP contribution in [0, 0.1) is 5.92 Å². The Labute approximate surface area is 118 Å². The lowest BCUT2D eigenvalue weighted by Gasteiger charge is -2.20. The Kier molecular flexibility index (Phi) is 5.02. The highest BCUT2D eigenvalue weighted by Gasteiger charge is 2.23. The maximum Gasteiger partial charge on any atom is 0.0452 e. The Morgan fingerprint density at radius 1 is 1.00 bits per heavy atom. The van der Waals surface area contributed by atoms with Crippen LogP contribution in [-0.4, -0.2) is 5.38 Å². The van der Waals surface area contributed by atoms with E-state index in [2.05, 4.69) is 0 Å². The number of hydrogen-bond acceptors (Lipinski definition) is 0. The molecule has 1 saturated carbocycles. The van der Waals surface area contributed by atoms with Crippen molar-refractivity contribution in [2.75, 3.05) is 0 Å². The summed E-state index contributed by atoms with van der Waals surface area (Å²) in [5.74, 6) is 0.511. The minimum absolute atomic E-state index is 0.268. The largest absolute Gasteiger partial charge is 0.123 e. The van der Waals surface area contributed by atoms with Crippen molar-refractivity contribution in [1.29, 1.82) is 0 Å². The van der Waals surface area contributed by atoms with Crippen molar-refractivity contribution in [2.45, 2.75) is 43.9 Å². The molecule has 1 fully saturated rings. The van der Waals surface area contributed by atoms with Crippen LogP contribution >= 0.6 is 34.8 Å². The molecule has 2 atom stereocenters. The molecular weight excluding hydrogens is 275 g/mol. The lowest BCUT2D eigenvalue weighted by atomic mass is 9.92. The summed E-state index contributed by atoms with van der Waals surface area (Å²) in [7, 11) is 0. The van der Waals surface area contributed by atoms with E-state index in [1.807, 2.05) is 18.2 Å². The summed E-state index contributed by atoms with van der Waals surface area (Å²) in [5.41, 5.74) is 1.06. The Morgan fingerprint density at radius 2 is 1.65 bits per heavy atom. The third kappa shape index (κ3) is 3.53. The topological polar surface area (TPSA) is 0 Å². The van der Waals surface area contributed by atoms with Crippen molar-refractivity contribution in [1.82, 2.24) is 0 Å². The molecule has 0 spiro atoms. The van der Waals surface area contributed by atoms with Crippen molar-refractivity contribution >= 4 is 34.8 Å². The first kappa shape index (κ1) is 13.5.